The van der Waals surface area contributed by atoms with E-state index in [0.29, 0.717) is 24.5 Å². The van der Waals surface area contributed by atoms with E-state index in [0.717, 1.165) is 0 Å². The number of aliphatic hydroxyl groups excluding tert-OH is 1. The molecule has 0 aromatic heterocycles. The molecule has 1 N–H and O–H groups in total. The van der Waals surface area contributed by atoms with Gasteiger partial charge in [0.25, 0.3) is 5.91 Å². The molecule has 0 aliphatic carbocycles. The summed E-state index contributed by atoms with van der Waals surface area (Å²) in [6.07, 6.45) is -0.0559. The summed E-state index contributed by atoms with van der Waals surface area (Å²) >= 11 is 0. The molecular formula is C15H21NO4. The zero-order valence-corrected chi connectivity index (χ0v) is 11.9. The van der Waals surface area contributed by atoms with Crippen LogP contribution < -0.4 is 9.47 Å². The van der Waals surface area contributed by atoms with Crippen LogP contribution in [0.15, 0.2) is 24.3 Å². The van der Waals surface area contributed by atoms with Gasteiger partial charge in [0.1, 0.15) is 6.61 Å². The highest BCUT2D eigenvalue weighted by Crippen LogP contribution is 2.31. The van der Waals surface area contributed by atoms with Crippen molar-refractivity contribution in [1.82, 2.24) is 4.90 Å². The Hall–Kier alpha value is -1.75. The molecule has 0 spiro atoms. The third kappa shape index (κ3) is 3.22. The fourth-order valence-electron chi connectivity index (χ4n) is 2.19. The average molecular weight is 279 g/mol. The second kappa shape index (κ2) is 6.61. The van der Waals surface area contributed by atoms with Crippen molar-refractivity contribution in [2.75, 3.05) is 19.8 Å². The summed E-state index contributed by atoms with van der Waals surface area (Å²) in [4.78, 5) is 14.2. The largest absolute Gasteiger partial charge is 0.485 e. The van der Waals surface area contributed by atoms with Crippen LogP contribution in [0.4, 0.5) is 0 Å². The molecule has 1 unspecified atom stereocenters. The van der Waals surface area contributed by atoms with Crippen LogP contribution in [0.3, 0.4) is 0 Å². The van der Waals surface area contributed by atoms with E-state index in [4.69, 9.17) is 14.6 Å². The van der Waals surface area contributed by atoms with Gasteiger partial charge < -0.3 is 19.5 Å². The predicted molar refractivity (Wildman–Crippen MR) is 74.9 cm³/mol. The maximum absolute atomic E-state index is 12.5. The van der Waals surface area contributed by atoms with Crippen molar-refractivity contribution in [2.45, 2.75) is 32.4 Å². The van der Waals surface area contributed by atoms with Crippen LogP contribution in [0.2, 0.25) is 0 Å². The molecule has 1 aliphatic rings. The molecule has 2 rings (SSSR count). The third-order valence-electron chi connectivity index (χ3n) is 3.25. The second-order valence-electron chi connectivity index (χ2n) is 5.07. The minimum Gasteiger partial charge on any atom is -0.485 e. The molecule has 5 heteroatoms. The Morgan fingerprint density at radius 1 is 1.40 bits per heavy atom. The van der Waals surface area contributed by atoms with Crippen molar-refractivity contribution < 1.29 is 19.4 Å². The van der Waals surface area contributed by atoms with Gasteiger partial charge >= 0.3 is 0 Å². The number of aliphatic hydroxyl groups is 1. The van der Waals surface area contributed by atoms with Gasteiger partial charge in [-0.25, -0.2) is 0 Å². The van der Waals surface area contributed by atoms with Crippen molar-refractivity contribution >= 4 is 5.91 Å². The second-order valence-corrected chi connectivity index (χ2v) is 5.07. The van der Waals surface area contributed by atoms with Gasteiger partial charge in [0, 0.05) is 19.2 Å². The van der Waals surface area contributed by atoms with Crippen LogP contribution >= 0.6 is 0 Å². The van der Waals surface area contributed by atoms with E-state index in [2.05, 4.69) is 0 Å². The van der Waals surface area contributed by atoms with Gasteiger partial charge in [-0.15, -0.1) is 0 Å². The SMILES string of the molecule is CC(C)N(CCCO)C(=O)C1COc2ccccc2O1. The van der Waals surface area contributed by atoms with Gasteiger partial charge in [-0.3, -0.25) is 4.79 Å². The number of hydrogen-bond acceptors (Lipinski definition) is 4. The molecule has 110 valence electrons. The van der Waals surface area contributed by atoms with E-state index in [-0.39, 0.29) is 25.2 Å². The topological polar surface area (TPSA) is 59.0 Å². The highest BCUT2D eigenvalue weighted by Gasteiger charge is 2.31. The Balaban J connectivity index is 2.06. The monoisotopic (exact) mass is 279 g/mol. The number of nitrogens with zero attached hydrogens (tertiary/aromatic N) is 1. The smallest absolute Gasteiger partial charge is 0.267 e. The molecule has 0 radical (unpaired) electrons. The summed E-state index contributed by atoms with van der Waals surface area (Å²) in [5.41, 5.74) is 0. The summed E-state index contributed by atoms with van der Waals surface area (Å²) in [5.74, 6) is 1.17. The maximum Gasteiger partial charge on any atom is 0.267 e. The number of amides is 1. The molecule has 1 aromatic carbocycles. The van der Waals surface area contributed by atoms with Crippen LogP contribution in [-0.4, -0.2) is 47.8 Å². The Kier molecular flexibility index (Phi) is 4.84. The molecule has 20 heavy (non-hydrogen) atoms. The number of carbonyl (C=O) groups is 1. The Morgan fingerprint density at radius 2 is 2.10 bits per heavy atom. The number of fused-ring (bicyclic) bond motifs is 1. The predicted octanol–water partition coefficient (Wildman–Crippen LogP) is 1.45. The summed E-state index contributed by atoms with van der Waals surface area (Å²) < 4.78 is 11.3. The first-order chi connectivity index (χ1) is 9.63. The van der Waals surface area contributed by atoms with E-state index in [1.807, 2.05) is 32.0 Å². The first kappa shape index (κ1) is 14.7. The lowest BCUT2D eigenvalue weighted by molar-refractivity contribution is -0.143. The van der Waals surface area contributed by atoms with Crippen LogP contribution in [0.1, 0.15) is 20.3 Å². The number of para-hydroxylation sites is 2. The normalized spacial score (nSPS) is 17.1. The van der Waals surface area contributed by atoms with E-state index in [1.165, 1.54) is 0 Å². The number of benzene rings is 1. The number of ether oxygens (including phenoxy) is 2. The lowest BCUT2D eigenvalue weighted by Gasteiger charge is -2.32. The van der Waals surface area contributed by atoms with Crippen LogP contribution in [-0.2, 0) is 4.79 Å². The van der Waals surface area contributed by atoms with E-state index >= 15 is 0 Å². The molecular weight excluding hydrogens is 258 g/mol. The van der Waals surface area contributed by atoms with Gasteiger partial charge in [-0.2, -0.15) is 0 Å². The van der Waals surface area contributed by atoms with Crippen molar-refractivity contribution in [1.29, 1.82) is 0 Å². The minimum atomic E-state index is -0.619. The van der Waals surface area contributed by atoms with Crippen LogP contribution in [0.5, 0.6) is 11.5 Å². The summed E-state index contributed by atoms with van der Waals surface area (Å²) in [7, 11) is 0. The Labute approximate surface area is 119 Å². The Morgan fingerprint density at radius 3 is 2.75 bits per heavy atom. The average Bonchev–Trinajstić information content (AvgIpc) is 2.46. The van der Waals surface area contributed by atoms with E-state index < -0.39 is 6.10 Å². The van der Waals surface area contributed by atoms with Crippen LogP contribution in [0, 0.1) is 0 Å². The zero-order chi connectivity index (χ0) is 14.5. The third-order valence-corrected chi connectivity index (χ3v) is 3.25. The summed E-state index contributed by atoms with van der Waals surface area (Å²) in [6.45, 7) is 4.72. The summed E-state index contributed by atoms with van der Waals surface area (Å²) in [5, 5.41) is 8.93. The maximum atomic E-state index is 12.5. The van der Waals surface area contributed by atoms with Crippen molar-refractivity contribution in [2.24, 2.45) is 0 Å². The molecule has 0 saturated carbocycles. The molecule has 1 aliphatic heterocycles. The highest BCUT2D eigenvalue weighted by molar-refractivity contribution is 5.82. The number of carbonyl (C=O) groups excluding carboxylic acids is 1. The number of hydrogen-bond donors (Lipinski definition) is 1. The first-order valence-electron chi connectivity index (χ1n) is 6.93. The van der Waals surface area contributed by atoms with Crippen molar-refractivity contribution in [3.05, 3.63) is 24.3 Å². The zero-order valence-electron chi connectivity index (χ0n) is 11.9. The standard InChI is InChI=1S/C15H21NO4/c1-11(2)16(8-5-9-17)15(18)14-10-19-12-6-3-4-7-13(12)20-14/h3-4,6-7,11,14,17H,5,8-10H2,1-2H3. The van der Waals surface area contributed by atoms with E-state index in [9.17, 15) is 4.79 Å². The van der Waals surface area contributed by atoms with Gasteiger partial charge in [0.2, 0.25) is 6.10 Å². The first-order valence-corrected chi connectivity index (χ1v) is 6.93. The minimum absolute atomic E-state index is 0.0646. The van der Waals surface area contributed by atoms with Crippen LogP contribution in [0.25, 0.3) is 0 Å². The molecule has 0 fully saturated rings. The summed E-state index contributed by atoms with van der Waals surface area (Å²) in [6, 6.07) is 7.40. The fourth-order valence-corrected chi connectivity index (χ4v) is 2.19. The molecule has 1 atom stereocenters. The van der Waals surface area contributed by atoms with Crippen molar-refractivity contribution in [3.63, 3.8) is 0 Å². The van der Waals surface area contributed by atoms with E-state index in [1.54, 1.807) is 11.0 Å². The number of rotatable bonds is 5. The molecule has 1 heterocycles. The molecule has 1 amide bonds. The fraction of sp³-hybridized carbons (Fsp3) is 0.533. The molecule has 1 aromatic rings. The van der Waals surface area contributed by atoms with Gasteiger partial charge in [0.15, 0.2) is 11.5 Å². The molecule has 0 saturated heterocycles. The van der Waals surface area contributed by atoms with Gasteiger partial charge in [-0.05, 0) is 32.4 Å². The molecule has 0 bridgehead atoms. The van der Waals surface area contributed by atoms with Gasteiger partial charge in [-0.1, -0.05) is 12.1 Å². The highest BCUT2D eigenvalue weighted by atomic mass is 16.6. The lowest BCUT2D eigenvalue weighted by atomic mass is 10.2. The lowest BCUT2D eigenvalue weighted by Crippen LogP contribution is -2.49. The Bertz CT molecular complexity index is 461. The van der Waals surface area contributed by atoms with Gasteiger partial charge in [0.05, 0.1) is 0 Å². The van der Waals surface area contributed by atoms with Crippen molar-refractivity contribution in [3.8, 4) is 11.5 Å². The molecule has 5 nitrogen and oxygen atoms in total. The quantitative estimate of drug-likeness (QED) is 0.886.